The van der Waals surface area contributed by atoms with Crippen LogP contribution in [0.15, 0.2) is 35.0 Å². The minimum Gasteiger partial charge on any atom is -0.380 e. The van der Waals surface area contributed by atoms with Gasteiger partial charge in [0.1, 0.15) is 0 Å². The van der Waals surface area contributed by atoms with Crippen molar-refractivity contribution in [3.8, 4) is 21.8 Å². The first-order chi connectivity index (χ1) is 9.16. The monoisotopic (exact) mass is 291 g/mol. The van der Waals surface area contributed by atoms with E-state index in [1.807, 2.05) is 31.2 Å². The van der Waals surface area contributed by atoms with Crippen LogP contribution in [0.4, 0.5) is 5.82 Å². The fraction of sp³-hybridized carbons (Fsp3) is 0.0769. The van der Waals surface area contributed by atoms with Crippen molar-refractivity contribution in [3.05, 3.63) is 40.5 Å². The maximum atomic E-state index is 6.22. The second-order valence-electron chi connectivity index (χ2n) is 4.00. The average Bonchev–Trinajstić information content (AvgIpc) is 2.96. The Balaban J connectivity index is 2.22. The van der Waals surface area contributed by atoms with Crippen molar-refractivity contribution in [1.82, 2.24) is 10.1 Å². The van der Waals surface area contributed by atoms with Crippen LogP contribution in [0, 0.1) is 6.92 Å². The Hall–Kier alpha value is -1.85. The lowest BCUT2D eigenvalue weighted by Gasteiger charge is -2.03. The van der Waals surface area contributed by atoms with Gasteiger partial charge in [0.15, 0.2) is 11.6 Å². The van der Waals surface area contributed by atoms with Crippen molar-refractivity contribution in [2.75, 3.05) is 5.73 Å². The number of aromatic nitrogens is 2. The number of hydrogen-bond donors (Lipinski definition) is 1. The molecular weight excluding hydrogens is 282 g/mol. The molecule has 0 aliphatic heterocycles. The number of nitrogens with zero attached hydrogens (tertiary/aromatic N) is 2. The summed E-state index contributed by atoms with van der Waals surface area (Å²) in [5.74, 6) is 0.936. The van der Waals surface area contributed by atoms with Crippen molar-refractivity contribution in [3.63, 3.8) is 0 Å². The molecule has 96 valence electrons. The van der Waals surface area contributed by atoms with E-state index in [0.29, 0.717) is 22.2 Å². The molecule has 19 heavy (non-hydrogen) atoms. The van der Waals surface area contributed by atoms with Crippen LogP contribution < -0.4 is 5.73 Å². The third-order valence-electron chi connectivity index (χ3n) is 2.71. The predicted molar refractivity (Wildman–Crippen MR) is 77.2 cm³/mol. The molecule has 6 heteroatoms. The molecule has 4 nitrogen and oxygen atoms in total. The standard InChI is InChI=1S/C13H10ClN3OS/c1-7-16-6-10(19-7)12-11(13(15)17-18-12)8-4-2-3-5-9(8)14/h2-6H,1H3,(H2,15,17). The van der Waals surface area contributed by atoms with Gasteiger partial charge in [-0.3, -0.25) is 0 Å². The fourth-order valence-electron chi connectivity index (χ4n) is 1.86. The van der Waals surface area contributed by atoms with Crippen LogP contribution in [-0.2, 0) is 0 Å². The zero-order valence-electron chi connectivity index (χ0n) is 10.1. The third-order valence-corrected chi connectivity index (χ3v) is 3.95. The van der Waals surface area contributed by atoms with Gasteiger partial charge in [0.25, 0.3) is 0 Å². The number of hydrogen-bond acceptors (Lipinski definition) is 5. The summed E-state index contributed by atoms with van der Waals surface area (Å²) in [6.45, 7) is 1.93. The summed E-state index contributed by atoms with van der Waals surface area (Å²) in [6, 6.07) is 7.47. The summed E-state index contributed by atoms with van der Waals surface area (Å²) >= 11 is 7.74. The highest BCUT2D eigenvalue weighted by Crippen LogP contribution is 2.41. The van der Waals surface area contributed by atoms with Crippen molar-refractivity contribution in [1.29, 1.82) is 0 Å². The molecule has 0 aliphatic rings. The van der Waals surface area contributed by atoms with E-state index < -0.39 is 0 Å². The molecule has 0 amide bonds. The second kappa shape index (κ2) is 4.68. The average molecular weight is 292 g/mol. The van der Waals surface area contributed by atoms with E-state index in [2.05, 4.69) is 10.1 Å². The highest BCUT2D eigenvalue weighted by Gasteiger charge is 2.20. The Bertz CT molecular complexity index is 735. The molecule has 0 aliphatic carbocycles. The maximum Gasteiger partial charge on any atom is 0.188 e. The van der Waals surface area contributed by atoms with Crippen molar-refractivity contribution < 1.29 is 4.52 Å². The maximum absolute atomic E-state index is 6.22. The molecule has 3 aromatic rings. The van der Waals surface area contributed by atoms with Crippen LogP contribution in [0.5, 0.6) is 0 Å². The molecule has 0 unspecified atom stereocenters. The highest BCUT2D eigenvalue weighted by molar-refractivity contribution is 7.15. The van der Waals surface area contributed by atoms with Crippen LogP contribution in [-0.4, -0.2) is 10.1 Å². The highest BCUT2D eigenvalue weighted by atomic mass is 35.5. The van der Waals surface area contributed by atoms with Gasteiger partial charge in [0.2, 0.25) is 0 Å². The van der Waals surface area contributed by atoms with E-state index in [1.165, 1.54) is 11.3 Å². The van der Waals surface area contributed by atoms with Crippen molar-refractivity contribution >= 4 is 28.8 Å². The third kappa shape index (κ3) is 2.11. The number of aryl methyl sites for hydroxylation is 1. The van der Waals surface area contributed by atoms with Crippen molar-refractivity contribution in [2.45, 2.75) is 6.92 Å². The zero-order chi connectivity index (χ0) is 13.4. The lowest BCUT2D eigenvalue weighted by molar-refractivity contribution is 0.437. The molecule has 0 saturated carbocycles. The lowest BCUT2D eigenvalue weighted by atomic mass is 10.1. The molecule has 1 aromatic carbocycles. The van der Waals surface area contributed by atoms with Gasteiger partial charge < -0.3 is 10.3 Å². The van der Waals surface area contributed by atoms with Gasteiger partial charge in [-0.15, -0.1) is 11.3 Å². The molecule has 0 fully saturated rings. The Labute approximate surface area is 118 Å². The van der Waals surface area contributed by atoms with Crippen molar-refractivity contribution in [2.24, 2.45) is 0 Å². The molecule has 3 rings (SSSR count). The first-order valence-corrected chi connectivity index (χ1v) is 6.79. The first-order valence-electron chi connectivity index (χ1n) is 5.59. The first kappa shape index (κ1) is 12.2. The van der Waals surface area contributed by atoms with E-state index in [0.717, 1.165) is 15.4 Å². The number of anilines is 1. The minimum absolute atomic E-state index is 0.328. The normalized spacial score (nSPS) is 10.8. The number of nitrogens with two attached hydrogens (primary N) is 1. The van der Waals surface area contributed by atoms with Crippen LogP contribution in [0.1, 0.15) is 5.01 Å². The van der Waals surface area contributed by atoms with Gasteiger partial charge in [0.05, 0.1) is 15.4 Å². The van der Waals surface area contributed by atoms with Crippen LogP contribution >= 0.6 is 22.9 Å². The van der Waals surface area contributed by atoms with Gasteiger partial charge in [0, 0.05) is 16.8 Å². The Kier molecular flexibility index (Phi) is 3.00. The Morgan fingerprint density at radius 1 is 1.32 bits per heavy atom. The quantitative estimate of drug-likeness (QED) is 0.775. The molecule has 2 heterocycles. The molecule has 0 saturated heterocycles. The molecule has 0 bridgehead atoms. The van der Waals surface area contributed by atoms with Gasteiger partial charge in [-0.2, -0.15) is 0 Å². The number of thiazole rings is 1. The summed E-state index contributed by atoms with van der Waals surface area (Å²) in [6.07, 6.45) is 1.75. The Morgan fingerprint density at radius 2 is 2.11 bits per heavy atom. The summed E-state index contributed by atoms with van der Waals surface area (Å²) < 4.78 is 5.34. The molecule has 0 radical (unpaired) electrons. The van der Waals surface area contributed by atoms with E-state index in [1.54, 1.807) is 6.20 Å². The van der Waals surface area contributed by atoms with E-state index in [-0.39, 0.29) is 0 Å². The zero-order valence-corrected chi connectivity index (χ0v) is 11.6. The van der Waals surface area contributed by atoms with E-state index >= 15 is 0 Å². The Morgan fingerprint density at radius 3 is 2.79 bits per heavy atom. The summed E-state index contributed by atoms with van der Waals surface area (Å²) in [5.41, 5.74) is 7.43. The summed E-state index contributed by atoms with van der Waals surface area (Å²) in [5, 5.41) is 5.41. The molecule has 2 aromatic heterocycles. The predicted octanol–water partition coefficient (Wildman–Crippen LogP) is 4.01. The minimum atomic E-state index is 0.328. The van der Waals surface area contributed by atoms with Gasteiger partial charge in [-0.25, -0.2) is 4.98 Å². The largest absolute Gasteiger partial charge is 0.380 e. The number of rotatable bonds is 2. The van der Waals surface area contributed by atoms with Gasteiger partial charge in [-0.1, -0.05) is 35.0 Å². The molecule has 0 atom stereocenters. The molecular formula is C13H10ClN3OS. The van der Waals surface area contributed by atoms with Crippen LogP contribution in [0.2, 0.25) is 5.02 Å². The van der Waals surface area contributed by atoms with Gasteiger partial charge >= 0.3 is 0 Å². The summed E-state index contributed by atoms with van der Waals surface area (Å²) in [7, 11) is 0. The number of benzene rings is 1. The smallest absolute Gasteiger partial charge is 0.188 e. The van der Waals surface area contributed by atoms with Crippen LogP contribution in [0.3, 0.4) is 0 Å². The molecule has 0 spiro atoms. The second-order valence-corrected chi connectivity index (χ2v) is 5.64. The number of halogens is 1. The SMILES string of the molecule is Cc1ncc(-c2onc(N)c2-c2ccccc2Cl)s1. The van der Waals surface area contributed by atoms with Crippen LogP contribution in [0.25, 0.3) is 21.8 Å². The lowest BCUT2D eigenvalue weighted by Crippen LogP contribution is -1.89. The topological polar surface area (TPSA) is 64.9 Å². The summed E-state index contributed by atoms with van der Waals surface area (Å²) in [4.78, 5) is 5.10. The van der Waals surface area contributed by atoms with E-state index in [4.69, 9.17) is 21.9 Å². The van der Waals surface area contributed by atoms with E-state index in [9.17, 15) is 0 Å². The van der Waals surface area contributed by atoms with Gasteiger partial charge in [-0.05, 0) is 13.0 Å². The fourth-order valence-corrected chi connectivity index (χ4v) is 2.85. The molecule has 2 N–H and O–H groups in total. The number of nitrogen functional groups attached to an aromatic ring is 1.